The third-order valence-corrected chi connectivity index (χ3v) is 2.58. The van der Waals surface area contributed by atoms with Gasteiger partial charge in [0.15, 0.2) is 11.4 Å². The molecule has 0 spiro atoms. The lowest BCUT2D eigenvalue weighted by molar-refractivity contribution is 0.0696. The lowest BCUT2D eigenvalue weighted by Gasteiger charge is -2.05. The average Bonchev–Trinajstić information content (AvgIpc) is 2.80. The summed E-state index contributed by atoms with van der Waals surface area (Å²) in [6, 6.07) is 10.1. The van der Waals surface area contributed by atoms with Crippen molar-refractivity contribution in [2.45, 2.75) is 6.54 Å². The number of hydrogen-bond donors (Lipinski definition) is 1. The summed E-state index contributed by atoms with van der Waals surface area (Å²) in [5, 5.41) is 26.7. The zero-order valence-electron chi connectivity index (χ0n) is 9.74. The standard InChI is InChI=1S/C13H8N4O2/c14-5-11-12(6-15)17(8-16-11)7-9-2-1-3-10(4-9)13(18)19/h1-4,8H,7H2,(H,18,19). The van der Waals surface area contributed by atoms with Crippen molar-refractivity contribution < 1.29 is 9.90 Å². The van der Waals surface area contributed by atoms with E-state index in [-0.39, 0.29) is 17.0 Å². The molecule has 0 radical (unpaired) electrons. The van der Waals surface area contributed by atoms with Gasteiger partial charge in [0.05, 0.1) is 11.9 Å². The highest BCUT2D eigenvalue weighted by Crippen LogP contribution is 2.11. The van der Waals surface area contributed by atoms with Gasteiger partial charge in [-0.3, -0.25) is 0 Å². The Labute approximate surface area is 108 Å². The SMILES string of the molecule is N#Cc1ncn(Cc2cccc(C(=O)O)c2)c1C#N. The van der Waals surface area contributed by atoms with E-state index in [1.165, 1.54) is 23.0 Å². The predicted octanol–water partition coefficient (Wildman–Crippen LogP) is 1.37. The Morgan fingerprint density at radius 1 is 1.37 bits per heavy atom. The summed E-state index contributed by atoms with van der Waals surface area (Å²) < 4.78 is 1.51. The largest absolute Gasteiger partial charge is 0.478 e. The van der Waals surface area contributed by atoms with E-state index in [2.05, 4.69) is 4.98 Å². The highest BCUT2D eigenvalue weighted by atomic mass is 16.4. The van der Waals surface area contributed by atoms with Gasteiger partial charge >= 0.3 is 5.97 Å². The number of carboxylic acids is 1. The second kappa shape index (κ2) is 5.03. The van der Waals surface area contributed by atoms with Crippen LogP contribution in [0.15, 0.2) is 30.6 Å². The van der Waals surface area contributed by atoms with Gasteiger partial charge in [0.2, 0.25) is 0 Å². The number of carbonyl (C=O) groups is 1. The first kappa shape index (κ1) is 12.3. The van der Waals surface area contributed by atoms with Crippen LogP contribution in [0.25, 0.3) is 0 Å². The third-order valence-electron chi connectivity index (χ3n) is 2.58. The summed E-state index contributed by atoms with van der Waals surface area (Å²) in [5.41, 5.74) is 1.13. The van der Waals surface area contributed by atoms with Crippen LogP contribution in [0.5, 0.6) is 0 Å². The predicted molar refractivity (Wildman–Crippen MR) is 64.2 cm³/mol. The Balaban J connectivity index is 2.35. The van der Waals surface area contributed by atoms with Crippen LogP contribution in [0.1, 0.15) is 27.3 Å². The van der Waals surface area contributed by atoms with Crippen molar-refractivity contribution in [3.8, 4) is 12.1 Å². The van der Waals surface area contributed by atoms with Crippen LogP contribution in [-0.2, 0) is 6.54 Å². The van der Waals surface area contributed by atoms with Crippen molar-refractivity contribution in [1.29, 1.82) is 10.5 Å². The minimum absolute atomic E-state index is 0.0666. The lowest BCUT2D eigenvalue weighted by Crippen LogP contribution is -2.03. The molecule has 1 N–H and O–H groups in total. The number of benzene rings is 1. The minimum atomic E-state index is -1.01. The van der Waals surface area contributed by atoms with Crippen LogP contribution in [0.3, 0.4) is 0 Å². The normalized spacial score (nSPS) is 9.58. The highest BCUT2D eigenvalue weighted by molar-refractivity contribution is 5.87. The molecule has 2 aromatic rings. The zero-order chi connectivity index (χ0) is 13.8. The van der Waals surface area contributed by atoms with Crippen LogP contribution >= 0.6 is 0 Å². The van der Waals surface area contributed by atoms with Crippen molar-refractivity contribution in [1.82, 2.24) is 9.55 Å². The van der Waals surface area contributed by atoms with Crippen LogP contribution in [0, 0.1) is 22.7 Å². The number of nitrogens with zero attached hydrogens (tertiary/aromatic N) is 4. The number of nitriles is 2. The molecule has 1 aromatic carbocycles. The first-order valence-electron chi connectivity index (χ1n) is 5.33. The maximum Gasteiger partial charge on any atom is 0.335 e. The Morgan fingerprint density at radius 2 is 2.16 bits per heavy atom. The maximum atomic E-state index is 10.9. The molecule has 2 rings (SSSR count). The van der Waals surface area contributed by atoms with Crippen LogP contribution < -0.4 is 0 Å². The van der Waals surface area contributed by atoms with Crippen molar-refractivity contribution in [3.05, 3.63) is 53.1 Å². The molecule has 0 fully saturated rings. The van der Waals surface area contributed by atoms with Crippen LogP contribution in [-0.4, -0.2) is 20.6 Å². The molecule has 92 valence electrons. The summed E-state index contributed by atoms with van der Waals surface area (Å²) in [7, 11) is 0. The van der Waals surface area contributed by atoms with Gasteiger partial charge in [0.1, 0.15) is 12.1 Å². The van der Waals surface area contributed by atoms with Crippen LogP contribution in [0.4, 0.5) is 0 Å². The van der Waals surface area contributed by atoms with Gasteiger partial charge in [-0.05, 0) is 17.7 Å². The third kappa shape index (κ3) is 2.43. The van der Waals surface area contributed by atoms with E-state index in [9.17, 15) is 4.79 Å². The molecule has 6 nitrogen and oxygen atoms in total. The molecular weight excluding hydrogens is 244 g/mol. The second-order valence-corrected chi connectivity index (χ2v) is 3.80. The highest BCUT2D eigenvalue weighted by Gasteiger charge is 2.11. The molecule has 0 aliphatic carbocycles. The van der Waals surface area contributed by atoms with Gasteiger partial charge in [-0.1, -0.05) is 12.1 Å². The Bertz CT molecular complexity index is 719. The fraction of sp³-hybridized carbons (Fsp3) is 0.0769. The molecule has 0 amide bonds. The smallest absolute Gasteiger partial charge is 0.335 e. The molecule has 6 heteroatoms. The molecule has 1 aromatic heterocycles. The molecule has 0 unspecified atom stereocenters. The van der Waals surface area contributed by atoms with Gasteiger partial charge in [0.25, 0.3) is 0 Å². The molecule has 0 saturated heterocycles. The zero-order valence-corrected chi connectivity index (χ0v) is 9.74. The van der Waals surface area contributed by atoms with E-state index in [0.717, 1.165) is 5.56 Å². The van der Waals surface area contributed by atoms with Crippen LogP contribution in [0.2, 0.25) is 0 Å². The molecule has 0 atom stereocenters. The fourth-order valence-corrected chi connectivity index (χ4v) is 1.70. The summed E-state index contributed by atoms with van der Waals surface area (Å²) >= 11 is 0. The van der Waals surface area contributed by atoms with E-state index >= 15 is 0 Å². The summed E-state index contributed by atoms with van der Waals surface area (Å²) in [6.45, 7) is 0.290. The Morgan fingerprint density at radius 3 is 2.79 bits per heavy atom. The number of aromatic nitrogens is 2. The van der Waals surface area contributed by atoms with Crippen molar-refractivity contribution in [3.63, 3.8) is 0 Å². The lowest BCUT2D eigenvalue weighted by atomic mass is 10.1. The quantitative estimate of drug-likeness (QED) is 0.888. The molecule has 19 heavy (non-hydrogen) atoms. The average molecular weight is 252 g/mol. The van der Waals surface area contributed by atoms with Crippen molar-refractivity contribution in [2.75, 3.05) is 0 Å². The summed E-state index contributed by atoms with van der Waals surface area (Å²) in [4.78, 5) is 14.7. The molecule has 0 saturated carbocycles. The van der Waals surface area contributed by atoms with E-state index in [0.29, 0.717) is 6.54 Å². The summed E-state index contributed by atoms with van der Waals surface area (Å²) in [5.74, 6) is -1.01. The molecule has 0 bridgehead atoms. The molecule has 0 aliphatic rings. The van der Waals surface area contributed by atoms with Gasteiger partial charge in [0, 0.05) is 6.54 Å². The first-order chi connectivity index (χ1) is 9.15. The maximum absolute atomic E-state index is 10.9. The number of imidazole rings is 1. The first-order valence-corrected chi connectivity index (χ1v) is 5.33. The van der Waals surface area contributed by atoms with Crippen molar-refractivity contribution in [2.24, 2.45) is 0 Å². The topological polar surface area (TPSA) is 103 Å². The summed E-state index contributed by atoms with van der Waals surface area (Å²) in [6.07, 6.45) is 1.39. The van der Waals surface area contributed by atoms with E-state index in [4.69, 9.17) is 15.6 Å². The van der Waals surface area contributed by atoms with Gasteiger partial charge in [-0.25, -0.2) is 9.78 Å². The Hall–Kier alpha value is -3.12. The Kier molecular flexibility index (Phi) is 3.26. The molecule has 1 heterocycles. The second-order valence-electron chi connectivity index (χ2n) is 3.80. The number of rotatable bonds is 3. The van der Waals surface area contributed by atoms with Gasteiger partial charge in [-0.15, -0.1) is 0 Å². The molecular formula is C13H8N4O2. The number of hydrogen-bond acceptors (Lipinski definition) is 4. The van der Waals surface area contributed by atoms with E-state index in [1.54, 1.807) is 12.1 Å². The monoisotopic (exact) mass is 252 g/mol. The number of aromatic carboxylic acids is 1. The van der Waals surface area contributed by atoms with Gasteiger partial charge in [-0.2, -0.15) is 10.5 Å². The number of carboxylic acid groups (broad SMARTS) is 1. The molecule has 0 aliphatic heterocycles. The minimum Gasteiger partial charge on any atom is -0.478 e. The fourth-order valence-electron chi connectivity index (χ4n) is 1.70. The van der Waals surface area contributed by atoms with E-state index in [1.807, 2.05) is 12.1 Å². The van der Waals surface area contributed by atoms with E-state index < -0.39 is 5.97 Å². The van der Waals surface area contributed by atoms with Gasteiger partial charge < -0.3 is 9.67 Å². The van der Waals surface area contributed by atoms with Crippen molar-refractivity contribution >= 4 is 5.97 Å².